The molecule has 1 rings (SSSR count). The molecule has 1 heterocycles. The van der Waals surface area contributed by atoms with Gasteiger partial charge in [0.05, 0.1) is 12.1 Å². The molecule has 4 heteroatoms. The Balaban J connectivity index is 2.51. The van der Waals surface area contributed by atoms with Crippen molar-refractivity contribution in [1.29, 1.82) is 0 Å². The molecular weight excluding hydrogens is 226 g/mol. The second-order valence-electron chi connectivity index (χ2n) is 6.35. The first kappa shape index (κ1) is 15.9. The number of hydrogen-bond donors (Lipinski definition) is 2. The first-order chi connectivity index (χ1) is 8.41. The van der Waals surface area contributed by atoms with Crippen LogP contribution in [0.4, 0.5) is 0 Å². The third kappa shape index (κ3) is 4.19. The summed E-state index contributed by atoms with van der Waals surface area (Å²) in [7, 11) is 4.32. The quantitative estimate of drug-likeness (QED) is 0.701. The van der Waals surface area contributed by atoms with Crippen LogP contribution in [0, 0.1) is 5.92 Å². The van der Waals surface area contributed by atoms with Crippen LogP contribution in [-0.4, -0.2) is 73.4 Å². The van der Waals surface area contributed by atoms with E-state index in [9.17, 15) is 5.11 Å². The number of rotatable bonds is 7. The number of aliphatic hydroxyl groups is 1. The van der Waals surface area contributed by atoms with Gasteiger partial charge in [-0.25, -0.2) is 0 Å². The summed E-state index contributed by atoms with van der Waals surface area (Å²) in [4.78, 5) is 4.80. The fourth-order valence-corrected chi connectivity index (χ4v) is 2.93. The molecule has 0 spiro atoms. The summed E-state index contributed by atoms with van der Waals surface area (Å²) in [6.07, 6.45) is 1.10. The molecule has 3 unspecified atom stereocenters. The van der Waals surface area contributed by atoms with Gasteiger partial charge in [0.25, 0.3) is 0 Å². The van der Waals surface area contributed by atoms with Crippen LogP contribution in [0.2, 0.25) is 0 Å². The maximum absolute atomic E-state index is 9.61. The maximum atomic E-state index is 9.61. The molecule has 18 heavy (non-hydrogen) atoms. The van der Waals surface area contributed by atoms with Crippen LogP contribution in [0.1, 0.15) is 27.2 Å². The molecule has 0 bridgehead atoms. The van der Waals surface area contributed by atoms with E-state index in [1.807, 2.05) is 0 Å². The third-order valence-electron chi connectivity index (χ3n) is 4.03. The molecule has 1 aliphatic rings. The summed E-state index contributed by atoms with van der Waals surface area (Å²) in [5, 5.41) is 13.1. The van der Waals surface area contributed by atoms with Gasteiger partial charge in [-0.2, -0.15) is 0 Å². The molecule has 0 aliphatic carbocycles. The summed E-state index contributed by atoms with van der Waals surface area (Å²) in [6, 6.07) is 0.638. The second kappa shape index (κ2) is 6.85. The second-order valence-corrected chi connectivity index (χ2v) is 6.35. The first-order valence-electron chi connectivity index (χ1n) is 7.16. The Labute approximate surface area is 112 Å². The molecule has 1 saturated heterocycles. The summed E-state index contributed by atoms with van der Waals surface area (Å²) < 4.78 is 0. The predicted molar refractivity (Wildman–Crippen MR) is 76.9 cm³/mol. The Morgan fingerprint density at radius 2 is 2.06 bits per heavy atom. The lowest BCUT2D eigenvalue weighted by Crippen LogP contribution is -2.54. The molecule has 4 nitrogen and oxygen atoms in total. The lowest BCUT2D eigenvalue weighted by Gasteiger charge is -2.33. The topological polar surface area (TPSA) is 38.7 Å². The van der Waals surface area contributed by atoms with Crippen LogP contribution >= 0.6 is 0 Å². The van der Waals surface area contributed by atoms with Crippen molar-refractivity contribution in [2.45, 2.75) is 38.8 Å². The average molecular weight is 257 g/mol. The van der Waals surface area contributed by atoms with Gasteiger partial charge >= 0.3 is 0 Å². The van der Waals surface area contributed by atoms with Gasteiger partial charge in [-0.15, -0.1) is 0 Å². The molecule has 0 amide bonds. The Bertz CT molecular complexity index is 247. The van der Waals surface area contributed by atoms with Gasteiger partial charge in [0.1, 0.15) is 0 Å². The minimum Gasteiger partial charge on any atom is -0.394 e. The van der Waals surface area contributed by atoms with Crippen molar-refractivity contribution in [3.63, 3.8) is 0 Å². The van der Waals surface area contributed by atoms with Gasteiger partial charge in [0, 0.05) is 25.7 Å². The van der Waals surface area contributed by atoms with E-state index in [0.29, 0.717) is 12.0 Å². The Morgan fingerprint density at radius 1 is 1.39 bits per heavy atom. The van der Waals surface area contributed by atoms with Crippen molar-refractivity contribution in [2.24, 2.45) is 5.92 Å². The van der Waals surface area contributed by atoms with E-state index < -0.39 is 0 Å². The zero-order valence-corrected chi connectivity index (χ0v) is 12.7. The Morgan fingerprint density at radius 3 is 2.50 bits per heavy atom. The average Bonchev–Trinajstić information content (AvgIpc) is 2.67. The molecule has 3 atom stereocenters. The fraction of sp³-hybridized carbons (Fsp3) is 1.00. The van der Waals surface area contributed by atoms with E-state index >= 15 is 0 Å². The van der Waals surface area contributed by atoms with Crippen LogP contribution in [0.3, 0.4) is 0 Å². The van der Waals surface area contributed by atoms with Gasteiger partial charge in [-0.05, 0) is 39.9 Å². The summed E-state index contributed by atoms with van der Waals surface area (Å²) >= 11 is 0. The first-order valence-corrected chi connectivity index (χ1v) is 7.16. The van der Waals surface area contributed by atoms with Crippen LogP contribution in [0.25, 0.3) is 0 Å². The molecule has 108 valence electrons. The lowest BCUT2D eigenvalue weighted by atomic mass is 10.0. The Kier molecular flexibility index (Phi) is 6.05. The highest BCUT2D eigenvalue weighted by atomic mass is 16.3. The largest absolute Gasteiger partial charge is 0.394 e. The number of nitrogens with zero attached hydrogens (tertiary/aromatic N) is 2. The molecular formula is C14H31N3O. The lowest BCUT2D eigenvalue weighted by molar-refractivity contribution is 0.128. The monoisotopic (exact) mass is 257 g/mol. The smallest absolute Gasteiger partial charge is 0.0623 e. The van der Waals surface area contributed by atoms with E-state index in [1.165, 1.54) is 0 Å². The number of likely N-dealkylation sites (N-methyl/N-ethyl adjacent to an activating group) is 1. The van der Waals surface area contributed by atoms with Gasteiger partial charge in [-0.3, -0.25) is 4.90 Å². The van der Waals surface area contributed by atoms with Crippen LogP contribution in [0.15, 0.2) is 0 Å². The van der Waals surface area contributed by atoms with E-state index in [-0.39, 0.29) is 12.1 Å². The molecule has 1 aliphatic heterocycles. The molecule has 0 aromatic rings. The number of aliphatic hydroxyl groups excluding tert-OH is 1. The summed E-state index contributed by atoms with van der Waals surface area (Å²) in [5.41, 5.74) is -0.170. The zero-order valence-electron chi connectivity index (χ0n) is 12.7. The SMILES string of the molecule is CCCNC(C)(CO)CN1CC(C)C(N(C)C)C1. The fourth-order valence-electron chi connectivity index (χ4n) is 2.93. The van der Waals surface area contributed by atoms with Gasteiger partial charge in [0.2, 0.25) is 0 Å². The van der Waals surface area contributed by atoms with Crippen molar-refractivity contribution in [3.05, 3.63) is 0 Å². The van der Waals surface area contributed by atoms with E-state index in [0.717, 1.165) is 32.6 Å². The number of nitrogens with one attached hydrogen (secondary N) is 1. The zero-order chi connectivity index (χ0) is 13.8. The highest BCUT2D eigenvalue weighted by Gasteiger charge is 2.34. The minimum atomic E-state index is -0.170. The van der Waals surface area contributed by atoms with Crippen molar-refractivity contribution in [1.82, 2.24) is 15.1 Å². The molecule has 2 N–H and O–H groups in total. The van der Waals surface area contributed by atoms with E-state index in [2.05, 4.69) is 50.0 Å². The van der Waals surface area contributed by atoms with Crippen LogP contribution in [-0.2, 0) is 0 Å². The standard InChI is InChI=1S/C14H31N3O/c1-6-7-15-14(3,11-18)10-17-8-12(2)13(9-17)16(4)5/h12-13,15,18H,6-11H2,1-5H3. The highest BCUT2D eigenvalue weighted by molar-refractivity contribution is 4.93. The van der Waals surface area contributed by atoms with Crippen molar-refractivity contribution in [2.75, 3.05) is 46.9 Å². The third-order valence-corrected chi connectivity index (χ3v) is 4.03. The summed E-state index contributed by atoms with van der Waals surface area (Å²) in [5.74, 6) is 0.703. The van der Waals surface area contributed by atoms with Crippen molar-refractivity contribution < 1.29 is 5.11 Å². The van der Waals surface area contributed by atoms with Crippen LogP contribution < -0.4 is 5.32 Å². The van der Waals surface area contributed by atoms with E-state index in [1.54, 1.807) is 0 Å². The number of hydrogen-bond acceptors (Lipinski definition) is 4. The normalized spacial score (nSPS) is 28.8. The van der Waals surface area contributed by atoms with E-state index in [4.69, 9.17) is 0 Å². The summed E-state index contributed by atoms with van der Waals surface area (Å²) in [6.45, 7) is 10.9. The molecule has 0 radical (unpaired) electrons. The van der Waals surface area contributed by atoms with Gasteiger partial charge in [0.15, 0.2) is 0 Å². The van der Waals surface area contributed by atoms with Crippen molar-refractivity contribution in [3.8, 4) is 0 Å². The molecule has 0 saturated carbocycles. The minimum absolute atomic E-state index is 0.170. The maximum Gasteiger partial charge on any atom is 0.0623 e. The van der Waals surface area contributed by atoms with Gasteiger partial charge < -0.3 is 15.3 Å². The molecule has 1 fully saturated rings. The predicted octanol–water partition coefficient (Wildman–Crippen LogP) is 0.619. The van der Waals surface area contributed by atoms with Crippen LogP contribution in [0.5, 0.6) is 0 Å². The molecule has 0 aromatic heterocycles. The molecule has 0 aromatic carbocycles. The number of likely N-dealkylation sites (tertiary alicyclic amines) is 1. The Hall–Kier alpha value is -0.160. The van der Waals surface area contributed by atoms with Crippen molar-refractivity contribution >= 4 is 0 Å². The highest BCUT2D eigenvalue weighted by Crippen LogP contribution is 2.21. The van der Waals surface area contributed by atoms with Gasteiger partial charge in [-0.1, -0.05) is 13.8 Å².